The number of H-pyrrole nitrogens is 1. The third kappa shape index (κ3) is 4.94. The van der Waals surface area contributed by atoms with Gasteiger partial charge in [0.1, 0.15) is 5.75 Å². The van der Waals surface area contributed by atoms with Crippen LogP contribution in [-0.4, -0.2) is 64.7 Å². The van der Waals surface area contributed by atoms with Gasteiger partial charge in [-0.3, -0.25) is 0 Å². The number of anilines is 1. The number of likely N-dealkylation sites (tertiary alicyclic amines) is 1. The Kier molecular flexibility index (Phi) is 6.69. The van der Waals surface area contributed by atoms with Crippen LogP contribution in [0.1, 0.15) is 31.2 Å². The summed E-state index contributed by atoms with van der Waals surface area (Å²) in [5, 5.41) is 14.4. The molecule has 2 saturated heterocycles. The van der Waals surface area contributed by atoms with Crippen LogP contribution >= 0.6 is 0 Å². The standard InChI is InChI=1S/C29H31N7O2/c30-15-20-5-7-23(8-6-20)38-19-21-3-2-12-36(18-21)29(37)34-22-9-13-35(14-10-22)26-17-33-28-27(26)24-4-1-11-31-25(24)16-32-28/h1,4-8,11,16-17,21-22,31H,2-3,9-10,12-14,18-19H2,(H,34,37). The van der Waals surface area contributed by atoms with Crippen LogP contribution in [0, 0.1) is 17.2 Å². The number of hydrogen-bond acceptors (Lipinski definition) is 6. The molecule has 0 saturated carbocycles. The predicted molar refractivity (Wildman–Crippen MR) is 146 cm³/mol. The fourth-order valence-corrected chi connectivity index (χ4v) is 5.62. The van der Waals surface area contributed by atoms with Crippen molar-refractivity contribution < 1.29 is 9.53 Å². The average molecular weight is 510 g/mol. The molecule has 0 spiro atoms. The molecule has 194 valence electrons. The van der Waals surface area contributed by atoms with Crippen molar-refractivity contribution in [2.45, 2.75) is 31.7 Å². The Hall–Kier alpha value is -4.32. The molecule has 4 aromatic rings. The fraction of sp³-hybridized carbons (Fsp3) is 0.379. The number of nitrogens with one attached hydrogen (secondary N) is 2. The molecular weight excluding hydrogens is 478 g/mol. The molecule has 6 rings (SSSR count). The quantitative estimate of drug-likeness (QED) is 0.411. The van der Waals surface area contributed by atoms with Gasteiger partial charge < -0.3 is 24.8 Å². The fourth-order valence-electron chi connectivity index (χ4n) is 5.62. The number of rotatable bonds is 5. The number of aromatic nitrogens is 3. The van der Waals surface area contributed by atoms with Crippen LogP contribution in [0.3, 0.4) is 0 Å². The summed E-state index contributed by atoms with van der Waals surface area (Å²) in [5.41, 5.74) is 3.50. The van der Waals surface area contributed by atoms with E-state index in [1.807, 2.05) is 41.7 Å². The first-order valence-corrected chi connectivity index (χ1v) is 13.3. The highest BCUT2D eigenvalue weighted by molar-refractivity contribution is 6.10. The predicted octanol–water partition coefficient (Wildman–Crippen LogP) is 4.45. The smallest absolute Gasteiger partial charge is 0.317 e. The van der Waals surface area contributed by atoms with E-state index < -0.39 is 0 Å². The molecule has 2 aliphatic heterocycles. The Labute approximate surface area is 221 Å². The van der Waals surface area contributed by atoms with Gasteiger partial charge in [-0.2, -0.15) is 5.26 Å². The van der Waals surface area contributed by atoms with Crippen molar-refractivity contribution >= 4 is 33.7 Å². The van der Waals surface area contributed by atoms with Crippen LogP contribution < -0.4 is 15.0 Å². The van der Waals surface area contributed by atoms with Crippen molar-refractivity contribution in [3.8, 4) is 11.8 Å². The van der Waals surface area contributed by atoms with Crippen LogP contribution in [0.15, 0.2) is 55.0 Å². The summed E-state index contributed by atoms with van der Waals surface area (Å²) in [5.74, 6) is 1.05. The summed E-state index contributed by atoms with van der Waals surface area (Å²) >= 11 is 0. The SMILES string of the molecule is N#Cc1ccc(OCC2CCCN(C(=O)NC3CCN(c4cnc5ncc6[nH]cccc6c45)CC3)C2)cc1. The number of carbonyl (C=O) groups is 1. The molecule has 0 aliphatic carbocycles. The Morgan fingerprint density at radius 3 is 2.74 bits per heavy atom. The van der Waals surface area contributed by atoms with Gasteiger partial charge in [0, 0.05) is 49.7 Å². The molecule has 9 heteroatoms. The number of amides is 2. The van der Waals surface area contributed by atoms with E-state index in [-0.39, 0.29) is 12.1 Å². The minimum absolute atomic E-state index is 0.0256. The molecule has 1 unspecified atom stereocenters. The highest BCUT2D eigenvalue weighted by Crippen LogP contribution is 2.33. The van der Waals surface area contributed by atoms with E-state index >= 15 is 0 Å². The summed E-state index contributed by atoms with van der Waals surface area (Å²) in [4.78, 5) is 29.7. The second kappa shape index (κ2) is 10.6. The van der Waals surface area contributed by atoms with Crippen LogP contribution in [0.4, 0.5) is 10.5 Å². The summed E-state index contributed by atoms with van der Waals surface area (Å²) in [6.07, 6.45) is 9.47. The van der Waals surface area contributed by atoms with Gasteiger partial charge in [0.2, 0.25) is 0 Å². The van der Waals surface area contributed by atoms with Crippen molar-refractivity contribution in [3.05, 3.63) is 60.6 Å². The molecule has 0 bridgehead atoms. The largest absolute Gasteiger partial charge is 0.493 e. The number of ether oxygens (including phenoxy) is 1. The normalized spacial score (nSPS) is 18.4. The highest BCUT2D eigenvalue weighted by atomic mass is 16.5. The molecule has 1 aromatic carbocycles. The lowest BCUT2D eigenvalue weighted by Crippen LogP contribution is -2.52. The maximum Gasteiger partial charge on any atom is 0.317 e. The Balaban J connectivity index is 1.02. The first-order valence-electron chi connectivity index (χ1n) is 13.3. The minimum atomic E-state index is 0.0256. The van der Waals surface area contributed by atoms with Gasteiger partial charge in [-0.15, -0.1) is 0 Å². The number of nitrogens with zero attached hydrogens (tertiary/aromatic N) is 5. The molecule has 3 aromatic heterocycles. The first-order chi connectivity index (χ1) is 18.7. The molecule has 2 aliphatic rings. The van der Waals surface area contributed by atoms with Crippen molar-refractivity contribution in [2.75, 3.05) is 37.7 Å². The summed E-state index contributed by atoms with van der Waals surface area (Å²) < 4.78 is 5.94. The van der Waals surface area contributed by atoms with Gasteiger partial charge >= 0.3 is 6.03 Å². The Bertz CT molecular complexity index is 1470. The number of nitriles is 1. The lowest BCUT2D eigenvalue weighted by Gasteiger charge is -2.37. The third-order valence-corrected chi connectivity index (χ3v) is 7.70. The van der Waals surface area contributed by atoms with E-state index in [1.54, 1.807) is 12.1 Å². The average Bonchev–Trinajstić information content (AvgIpc) is 3.42. The highest BCUT2D eigenvalue weighted by Gasteiger charge is 2.28. The molecule has 2 N–H and O–H groups in total. The van der Waals surface area contributed by atoms with Crippen LogP contribution in [0.5, 0.6) is 5.75 Å². The maximum atomic E-state index is 13.1. The molecule has 2 fully saturated rings. The molecule has 0 radical (unpaired) electrons. The van der Waals surface area contributed by atoms with Crippen molar-refractivity contribution in [1.82, 2.24) is 25.2 Å². The summed E-state index contributed by atoms with van der Waals surface area (Å²) in [6, 6.07) is 13.6. The van der Waals surface area contributed by atoms with Gasteiger partial charge in [0.05, 0.1) is 47.2 Å². The number of piperidine rings is 2. The Morgan fingerprint density at radius 2 is 1.92 bits per heavy atom. The zero-order valence-corrected chi connectivity index (χ0v) is 21.3. The van der Waals surface area contributed by atoms with E-state index in [0.717, 1.165) is 78.7 Å². The molecule has 5 heterocycles. The number of pyridine rings is 2. The van der Waals surface area contributed by atoms with Crippen molar-refractivity contribution in [2.24, 2.45) is 5.92 Å². The molecule has 9 nitrogen and oxygen atoms in total. The van der Waals surface area contributed by atoms with E-state index in [4.69, 9.17) is 10.00 Å². The number of benzene rings is 1. The number of urea groups is 1. The van der Waals surface area contributed by atoms with Crippen molar-refractivity contribution in [3.63, 3.8) is 0 Å². The molecule has 1 atom stereocenters. The van der Waals surface area contributed by atoms with Crippen LogP contribution in [0.2, 0.25) is 0 Å². The van der Waals surface area contributed by atoms with E-state index in [0.29, 0.717) is 24.6 Å². The van der Waals surface area contributed by atoms with E-state index in [2.05, 4.69) is 37.3 Å². The third-order valence-electron chi connectivity index (χ3n) is 7.70. The topological polar surface area (TPSA) is 110 Å². The zero-order valence-electron chi connectivity index (χ0n) is 21.3. The van der Waals surface area contributed by atoms with Crippen LogP contribution in [-0.2, 0) is 0 Å². The molecule has 2 amide bonds. The minimum Gasteiger partial charge on any atom is -0.493 e. The lowest BCUT2D eigenvalue weighted by molar-refractivity contribution is 0.134. The second-order valence-electron chi connectivity index (χ2n) is 10.2. The van der Waals surface area contributed by atoms with Gasteiger partial charge in [-0.1, -0.05) is 6.07 Å². The summed E-state index contributed by atoms with van der Waals surface area (Å²) in [6.45, 7) is 3.76. The zero-order chi connectivity index (χ0) is 25.9. The Morgan fingerprint density at radius 1 is 1.11 bits per heavy atom. The van der Waals surface area contributed by atoms with E-state index in [9.17, 15) is 4.79 Å². The first kappa shape index (κ1) is 24.0. The van der Waals surface area contributed by atoms with Gasteiger partial charge in [0.25, 0.3) is 0 Å². The van der Waals surface area contributed by atoms with Crippen LogP contribution in [0.25, 0.3) is 21.9 Å². The molecule has 38 heavy (non-hydrogen) atoms. The summed E-state index contributed by atoms with van der Waals surface area (Å²) in [7, 11) is 0. The van der Waals surface area contributed by atoms with E-state index in [1.165, 1.54) is 0 Å². The second-order valence-corrected chi connectivity index (χ2v) is 10.2. The molecular formula is C29H31N7O2. The van der Waals surface area contributed by atoms with Gasteiger partial charge in [-0.25, -0.2) is 14.8 Å². The monoisotopic (exact) mass is 509 g/mol. The maximum absolute atomic E-state index is 13.1. The number of carbonyl (C=O) groups excluding carboxylic acids is 1. The lowest BCUT2D eigenvalue weighted by atomic mass is 9.99. The van der Waals surface area contributed by atoms with Crippen molar-refractivity contribution in [1.29, 1.82) is 5.26 Å². The van der Waals surface area contributed by atoms with Gasteiger partial charge in [-0.05, 0) is 56.0 Å². The number of hydrogen-bond donors (Lipinski definition) is 2. The number of fused-ring (bicyclic) bond motifs is 3. The number of aromatic amines is 1. The van der Waals surface area contributed by atoms with Gasteiger partial charge in [0.15, 0.2) is 5.65 Å².